The van der Waals surface area contributed by atoms with Crippen LogP contribution in [0.15, 0.2) is 42.5 Å². The molecule has 0 aliphatic carbocycles. The van der Waals surface area contributed by atoms with Crippen LogP contribution in [-0.2, 0) is 16.1 Å². The van der Waals surface area contributed by atoms with E-state index in [2.05, 4.69) is 0 Å². The smallest absolute Gasteiger partial charge is 0.304 e. The molecule has 1 aromatic carbocycles. The predicted octanol–water partition coefficient (Wildman–Crippen LogP) is 3.26. The topological polar surface area (TPSA) is 46.5 Å². The Morgan fingerprint density at radius 3 is 2.61 bits per heavy atom. The molecule has 0 aliphatic rings. The SMILES string of the molecule is CC(C)(/C=C/COCc1ccccc1)CC(=O)O. The maximum Gasteiger partial charge on any atom is 0.304 e. The Balaban J connectivity index is 2.27. The molecule has 3 nitrogen and oxygen atoms in total. The van der Waals surface area contributed by atoms with Crippen LogP contribution in [0.3, 0.4) is 0 Å². The molecule has 0 saturated carbocycles. The Hall–Kier alpha value is -1.61. The third kappa shape index (κ3) is 6.21. The van der Waals surface area contributed by atoms with E-state index < -0.39 is 5.97 Å². The molecule has 98 valence electrons. The molecular weight excluding hydrogens is 228 g/mol. The van der Waals surface area contributed by atoms with E-state index in [-0.39, 0.29) is 11.8 Å². The number of carboxylic acids is 1. The summed E-state index contributed by atoms with van der Waals surface area (Å²) < 4.78 is 5.49. The molecule has 1 rings (SSSR count). The highest BCUT2D eigenvalue weighted by atomic mass is 16.5. The van der Waals surface area contributed by atoms with Gasteiger partial charge in [-0.1, -0.05) is 56.3 Å². The van der Waals surface area contributed by atoms with Crippen LogP contribution < -0.4 is 0 Å². The molecule has 0 aromatic heterocycles. The van der Waals surface area contributed by atoms with E-state index in [1.165, 1.54) is 0 Å². The van der Waals surface area contributed by atoms with Crippen LogP contribution in [0.5, 0.6) is 0 Å². The molecule has 18 heavy (non-hydrogen) atoms. The zero-order valence-electron chi connectivity index (χ0n) is 10.9. The molecule has 0 spiro atoms. The first-order valence-electron chi connectivity index (χ1n) is 6.01. The van der Waals surface area contributed by atoms with Crippen molar-refractivity contribution in [2.75, 3.05) is 6.61 Å². The maximum absolute atomic E-state index is 10.6. The van der Waals surface area contributed by atoms with Gasteiger partial charge >= 0.3 is 5.97 Å². The summed E-state index contributed by atoms with van der Waals surface area (Å²) in [4.78, 5) is 10.6. The highest BCUT2D eigenvalue weighted by Gasteiger charge is 2.17. The van der Waals surface area contributed by atoms with Crippen molar-refractivity contribution in [2.45, 2.75) is 26.9 Å². The summed E-state index contributed by atoms with van der Waals surface area (Å²) in [5, 5.41) is 8.74. The number of allylic oxidation sites excluding steroid dienone is 1. The summed E-state index contributed by atoms with van der Waals surface area (Å²) in [7, 11) is 0. The summed E-state index contributed by atoms with van der Waals surface area (Å²) >= 11 is 0. The van der Waals surface area contributed by atoms with E-state index in [9.17, 15) is 4.79 Å². The average Bonchev–Trinajstić information content (AvgIpc) is 2.28. The highest BCUT2D eigenvalue weighted by Crippen LogP contribution is 2.21. The maximum atomic E-state index is 10.6. The van der Waals surface area contributed by atoms with Crippen molar-refractivity contribution in [1.82, 2.24) is 0 Å². The van der Waals surface area contributed by atoms with E-state index >= 15 is 0 Å². The number of aliphatic carboxylic acids is 1. The van der Waals surface area contributed by atoms with Crippen LogP contribution in [0, 0.1) is 5.41 Å². The van der Waals surface area contributed by atoms with Gasteiger partial charge in [0.25, 0.3) is 0 Å². The van der Waals surface area contributed by atoms with Crippen LogP contribution in [0.25, 0.3) is 0 Å². The van der Waals surface area contributed by atoms with Crippen LogP contribution >= 0.6 is 0 Å². The zero-order chi connectivity index (χ0) is 13.4. The van der Waals surface area contributed by atoms with Crippen molar-refractivity contribution in [1.29, 1.82) is 0 Å². The lowest BCUT2D eigenvalue weighted by Gasteiger charge is -2.16. The number of carboxylic acid groups (broad SMARTS) is 1. The normalized spacial score (nSPS) is 11.9. The summed E-state index contributed by atoms with van der Waals surface area (Å²) in [6, 6.07) is 9.95. The van der Waals surface area contributed by atoms with Gasteiger partial charge in [0.2, 0.25) is 0 Å². The molecule has 0 fully saturated rings. The van der Waals surface area contributed by atoms with Crippen LogP contribution in [0.2, 0.25) is 0 Å². The molecule has 1 N–H and O–H groups in total. The van der Waals surface area contributed by atoms with Gasteiger partial charge in [0.15, 0.2) is 0 Å². The van der Waals surface area contributed by atoms with Gasteiger partial charge in [-0.05, 0) is 11.0 Å². The van der Waals surface area contributed by atoms with Crippen molar-refractivity contribution in [3.63, 3.8) is 0 Å². The molecule has 0 heterocycles. The fourth-order valence-corrected chi connectivity index (χ4v) is 1.63. The Bertz CT molecular complexity index is 393. The second kappa shape index (κ2) is 6.97. The minimum absolute atomic E-state index is 0.127. The second-order valence-corrected chi connectivity index (χ2v) is 4.96. The summed E-state index contributed by atoms with van der Waals surface area (Å²) in [5.41, 5.74) is 0.803. The van der Waals surface area contributed by atoms with Gasteiger partial charge < -0.3 is 9.84 Å². The average molecular weight is 248 g/mol. The third-order valence-electron chi connectivity index (χ3n) is 2.50. The molecule has 0 radical (unpaired) electrons. The van der Waals surface area contributed by atoms with Crippen molar-refractivity contribution < 1.29 is 14.6 Å². The number of hydrogen-bond acceptors (Lipinski definition) is 2. The van der Waals surface area contributed by atoms with Crippen molar-refractivity contribution in [3.8, 4) is 0 Å². The van der Waals surface area contributed by atoms with Crippen LogP contribution in [0.1, 0.15) is 25.8 Å². The predicted molar refractivity (Wildman–Crippen MR) is 71.3 cm³/mol. The monoisotopic (exact) mass is 248 g/mol. The molecular formula is C15H20O3. The van der Waals surface area contributed by atoms with Crippen LogP contribution in [0.4, 0.5) is 0 Å². The fourth-order valence-electron chi connectivity index (χ4n) is 1.63. The fraction of sp³-hybridized carbons (Fsp3) is 0.400. The van der Waals surface area contributed by atoms with Crippen molar-refractivity contribution >= 4 is 5.97 Å². The Labute approximate surface area is 108 Å². The lowest BCUT2D eigenvalue weighted by molar-refractivity contribution is -0.138. The van der Waals surface area contributed by atoms with Crippen LogP contribution in [-0.4, -0.2) is 17.7 Å². The molecule has 0 saturated heterocycles. The first-order valence-corrected chi connectivity index (χ1v) is 6.01. The molecule has 0 unspecified atom stereocenters. The minimum Gasteiger partial charge on any atom is -0.481 e. The third-order valence-corrected chi connectivity index (χ3v) is 2.50. The Kier molecular flexibility index (Phi) is 5.59. The largest absolute Gasteiger partial charge is 0.481 e. The highest BCUT2D eigenvalue weighted by molar-refractivity contribution is 5.67. The number of ether oxygens (including phenoxy) is 1. The number of carbonyl (C=O) groups is 1. The van der Waals surface area contributed by atoms with E-state index in [1.54, 1.807) is 0 Å². The first-order chi connectivity index (χ1) is 8.49. The van der Waals surface area contributed by atoms with Gasteiger partial charge in [0.1, 0.15) is 0 Å². The molecule has 0 amide bonds. The second-order valence-electron chi connectivity index (χ2n) is 4.96. The molecule has 1 aromatic rings. The lowest BCUT2D eigenvalue weighted by atomic mass is 9.89. The van der Waals surface area contributed by atoms with E-state index in [0.29, 0.717) is 13.2 Å². The number of hydrogen-bond donors (Lipinski definition) is 1. The molecule has 3 heteroatoms. The van der Waals surface area contributed by atoms with Gasteiger partial charge in [0, 0.05) is 0 Å². The number of rotatable bonds is 7. The molecule has 0 bridgehead atoms. The quantitative estimate of drug-likeness (QED) is 0.595. The van der Waals surface area contributed by atoms with Crippen molar-refractivity contribution in [2.24, 2.45) is 5.41 Å². The van der Waals surface area contributed by atoms with Gasteiger partial charge in [-0.2, -0.15) is 0 Å². The van der Waals surface area contributed by atoms with Crippen molar-refractivity contribution in [3.05, 3.63) is 48.0 Å². The minimum atomic E-state index is -0.783. The Morgan fingerprint density at radius 1 is 1.33 bits per heavy atom. The summed E-state index contributed by atoms with van der Waals surface area (Å²) in [6.07, 6.45) is 3.90. The van der Waals surface area contributed by atoms with Gasteiger partial charge in [0.05, 0.1) is 19.6 Å². The van der Waals surface area contributed by atoms with E-state index in [4.69, 9.17) is 9.84 Å². The van der Waals surface area contributed by atoms with E-state index in [1.807, 2.05) is 56.3 Å². The first kappa shape index (κ1) is 14.5. The lowest BCUT2D eigenvalue weighted by Crippen LogP contribution is -2.13. The van der Waals surface area contributed by atoms with E-state index in [0.717, 1.165) is 5.56 Å². The molecule has 0 aliphatic heterocycles. The summed E-state index contributed by atoms with van der Waals surface area (Å²) in [5.74, 6) is -0.783. The van der Waals surface area contributed by atoms with Gasteiger partial charge in [-0.15, -0.1) is 0 Å². The molecule has 0 atom stereocenters. The standard InChI is InChI=1S/C15H20O3/c1-15(2,11-14(16)17)9-6-10-18-12-13-7-4-3-5-8-13/h3-9H,10-12H2,1-2H3,(H,16,17)/b9-6+. The summed E-state index contributed by atoms with van der Waals surface area (Å²) in [6.45, 7) is 4.87. The zero-order valence-corrected chi connectivity index (χ0v) is 10.9. The van der Waals surface area contributed by atoms with Gasteiger partial charge in [-0.3, -0.25) is 4.79 Å². The van der Waals surface area contributed by atoms with Gasteiger partial charge in [-0.25, -0.2) is 0 Å². The number of benzene rings is 1. The Morgan fingerprint density at radius 2 is 2.00 bits per heavy atom.